The largest absolute Gasteiger partial charge is 0.378 e. The zero-order valence-electron chi connectivity index (χ0n) is 14.7. The van der Waals surface area contributed by atoms with Gasteiger partial charge in [0.2, 0.25) is 0 Å². The molecule has 0 spiro atoms. The predicted octanol–water partition coefficient (Wildman–Crippen LogP) is -0.368. The number of rotatable bonds is 0. The molecular formula is C16H32N2O6. The van der Waals surface area contributed by atoms with Gasteiger partial charge in [0.05, 0.1) is 52.9 Å². The second-order valence-corrected chi connectivity index (χ2v) is 5.78. The highest BCUT2D eigenvalue weighted by molar-refractivity contribution is 4.59. The summed E-state index contributed by atoms with van der Waals surface area (Å²) < 4.78 is 33.6. The second kappa shape index (κ2) is 13.9. The van der Waals surface area contributed by atoms with Crippen molar-refractivity contribution in [3.05, 3.63) is 0 Å². The fourth-order valence-electron chi connectivity index (χ4n) is 2.51. The van der Waals surface area contributed by atoms with Crippen LogP contribution >= 0.6 is 0 Å². The van der Waals surface area contributed by atoms with Gasteiger partial charge in [-0.1, -0.05) is 0 Å². The Morgan fingerprint density at radius 2 is 0.625 bits per heavy atom. The molecule has 3 heterocycles. The van der Waals surface area contributed by atoms with Crippen LogP contribution in [0.25, 0.3) is 0 Å². The summed E-state index contributed by atoms with van der Waals surface area (Å²) in [5.41, 5.74) is 0. The molecule has 8 nitrogen and oxygen atoms in total. The highest BCUT2D eigenvalue weighted by Crippen LogP contribution is 1.96. The molecule has 0 aromatic heterocycles. The van der Waals surface area contributed by atoms with Gasteiger partial charge in [0, 0.05) is 39.3 Å². The van der Waals surface area contributed by atoms with Crippen molar-refractivity contribution in [1.82, 2.24) is 9.80 Å². The smallest absolute Gasteiger partial charge is 0.146 e. The van der Waals surface area contributed by atoms with Gasteiger partial charge in [-0.2, -0.15) is 0 Å². The van der Waals surface area contributed by atoms with Gasteiger partial charge in [0.1, 0.15) is 13.6 Å². The summed E-state index contributed by atoms with van der Waals surface area (Å²) >= 11 is 0. The summed E-state index contributed by atoms with van der Waals surface area (Å²) in [7, 11) is 0. The molecule has 0 atom stereocenters. The average Bonchev–Trinajstić information content (AvgIpc) is 2.59. The van der Waals surface area contributed by atoms with Crippen molar-refractivity contribution >= 4 is 0 Å². The molecule has 8 heteroatoms. The summed E-state index contributed by atoms with van der Waals surface area (Å²) in [4.78, 5) is 4.54. The lowest BCUT2D eigenvalue weighted by atomic mass is 10.4. The third-order valence-electron chi connectivity index (χ3n) is 4.02. The highest BCUT2D eigenvalue weighted by atomic mass is 16.7. The summed E-state index contributed by atoms with van der Waals surface area (Å²) in [6.07, 6.45) is 0. The molecule has 142 valence electrons. The lowest BCUT2D eigenvalue weighted by molar-refractivity contribution is -0.0817. The summed E-state index contributed by atoms with van der Waals surface area (Å²) in [6, 6.07) is 0. The van der Waals surface area contributed by atoms with Gasteiger partial charge < -0.3 is 28.4 Å². The van der Waals surface area contributed by atoms with E-state index in [9.17, 15) is 0 Å². The summed E-state index contributed by atoms with van der Waals surface area (Å²) in [6.45, 7) is 10.9. The van der Waals surface area contributed by atoms with Crippen molar-refractivity contribution in [1.29, 1.82) is 0 Å². The van der Waals surface area contributed by atoms with Gasteiger partial charge >= 0.3 is 0 Å². The number of ether oxygens (including phenoxy) is 6. The molecule has 3 rings (SSSR count). The third-order valence-corrected chi connectivity index (χ3v) is 4.02. The SMILES string of the molecule is C1COCCN2CCOCOCCN(CCO1)CCOCOCC2. The quantitative estimate of drug-likeness (QED) is 0.588. The van der Waals surface area contributed by atoms with Gasteiger partial charge in [0.15, 0.2) is 0 Å². The molecule has 3 aliphatic rings. The molecule has 24 heavy (non-hydrogen) atoms. The number of hydrogen-bond acceptors (Lipinski definition) is 8. The number of fused-ring (bicyclic) bond motifs is 19. The van der Waals surface area contributed by atoms with E-state index in [1.54, 1.807) is 0 Å². The molecule has 0 aromatic carbocycles. The van der Waals surface area contributed by atoms with Crippen LogP contribution in [0.4, 0.5) is 0 Å². The maximum absolute atomic E-state index is 5.65. The average molecular weight is 348 g/mol. The zero-order chi connectivity index (χ0) is 16.7. The second-order valence-electron chi connectivity index (χ2n) is 5.78. The molecule has 0 aromatic rings. The first kappa shape index (κ1) is 20.0. The molecule has 3 saturated heterocycles. The Hall–Kier alpha value is -0.320. The molecule has 0 N–H and O–H groups in total. The Labute approximate surface area is 144 Å². The fourth-order valence-corrected chi connectivity index (χ4v) is 2.51. The predicted molar refractivity (Wildman–Crippen MR) is 88.1 cm³/mol. The van der Waals surface area contributed by atoms with Crippen molar-refractivity contribution < 1.29 is 28.4 Å². The van der Waals surface area contributed by atoms with E-state index in [2.05, 4.69) is 9.80 Å². The van der Waals surface area contributed by atoms with Crippen LogP contribution in [0.1, 0.15) is 0 Å². The Kier molecular flexibility index (Phi) is 11.6. The van der Waals surface area contributed by atoms with E-state index >= 15 is 0 Å². The molecule has 2 bridgehead atoms. The first-order valence-electron chi connectivity index (χ1n) is 8.86. The van der Waals surface area contributed by atoms with Crippen molar-refractivity contribution in [2.75, 3.05) is 106 Å². The standard InChI is InChI=1S/C16H32N2O6/c1-7-19-13-14-20-8-2-18-5-11-23-15-21-9-3-17(1)4-10-22-16-24-12-6-18/h1-16H2. The van der Waals surface area contributed by atoms with E-state index in [-0.39, 0.29) is 0 Å². The van der Waals surface area contributed by atoms with E-state index in [1.165, 1.54) is 0 Å². The molecule has 0 unspecified atom stereocenters. The molecule has 0 amide bonds. The minimum absolute atomic E-state index is 0.335. The topological polar surface area (TPSA) is 61.9 Å². The van der Waals surface area contributed by atoms with Crippen molar-refractivity contribution in [2.45, 2.75) is 0 Å². The molecule has 0 aliphatic carbocycles. The maximum atomic E-state index is 5.65. The van der Waals surface area contributed by atoms with Crippen LogP contribution in [-0.4, -0.2) is 116 Å². The van der Waals surface area contributed by atoms with Crippen LogP contribution < -0.4 is 0 Å². The fraction of sp³-hybridized carbons (Fsp3) is 1.00. The minimum Gasteiger partial charge on any atom is -0.378 e. The van der Waals surface area contributed by atoms with Gasteiger partial charge in [-0.25, -0.2) is 0 Å². The normalized spacial score (nSPS) is 31.0. The molecular weight excluding hydrogens is 316 g/mol. The zero-order valence-corrected chi connectivity index (χ0v) is 14.7. The van der Waals surface area contributed by atoms with E-state index < -0.39 is 0 Å². The van der Waals surface area contributed by atoms with Gasteiger partial charge in [-0.05, 0) is 0 Å². The van der Waals surface area contributed by atoms with Crippen LogP contribution in [0.15, 0.2) is 0 Å². The minimum atomic E-state index is 0.335. The van der Waals surface area contributed by atoms with Crippen molar-refractivity contribution in [3.63, 3.8) is 0 Å². The van der Waals surface area contributed by atoms with Gasteiger partial charge in [-0.15, -0.1) is 0 Å². The molecule has 0 radical (unpaired) electrons. The van der Waals surface area contributed by atoms with Crippen LogP contribution in [0.3, 0.4) is 0 Å². The molecule has 0 saturated carbocycles. The van der Waals surface area contributed by atoms with Crippen molar-refractivity contribution in [3.8, 4) is 0 Å². The van der Waals surface area contributed by atoms with E-state index in [0.29, 0.717) is 66.4 Å². The number of hydrogen-bond donors (Lipinski definition) is 0. The third kappa shape index (κ3) is 9.85. The maximum Gasteiger partial charge on any atom is 0.146 e. The molecule has 3 aliphatic heterocycles. The van der Waals surface area contributed by atoms with Crippen LogP contribution in [0.5, 0.6) is 0 Å². The monoisotopic (exact) mass is 348 g/mol. The Balaban J connectivity index is 1.88. The van der Waals surface area contributed by atoms with Crippen molar-refractivity contribution in [2.24, 2.45) is 0 Å². The van der Waals surface area contributed by atoms with E-state index in [4.69, 9.17) is 28.4 Å². The summed E-state index contributed by atoms with van der Waals surface area (Å²) in [5, 5.41) is 0. The van der Waals surface area contributed by atoms with Crippen LogP contribution in [0, 0.1) is 0 Å². The Morgan fingerprint density at radius 3 is 0.958 bits per heavy atom. The van der Waals surface area contributed by atoms with E-state index in [0.717, 1.165) is 39.3 Å². The van der Waals surface area contributed by atoms with Gasteiger partial charge in [0.25, 0.3) is 0 Å². The van der Waals surface area contributed by atoms with Crippen LogP contribution in [-0.2, 0) is 28.4 Å². The lowest BCUT2D eigenvalue weighted by Gasteiger charge is -2.23. The Morgan fingerprint density at radius 1 is 0.333 bits per heavy atom. The lowest BCUT2D eigenvalue weighted by Crippen LogP contribution is -2.35. The van der Waals surface area contributed by atoms with Gasteiger partial charge in [-0.3, -0.25) is 9.80 Å². The highest BCUT2D eigenvalue weighted by Gasteiger charge is 2.09. The van der Waals surface area contributed by atoms with E-state index in [1.807, 2.05) is 0 Å². The summed E-state index contributed by atoms with van der Waals surface area (Å²) in [5.74, 6) is 0. The molecule has 3 fully saturated rings. The van der Waals surface area contributed by atoms with Crippen LogP contribution in [0.2, 0.25) is 0 Å². The first-order valence-corrected chi connectivity index (χ1v) is 8.86. The Bertz CT molecular complexity index is 248. The number of nitrogens with zero attached hydrogens (tertiary/aromatic N) is 2. The first-order chi connectivity index (χ1) is 11.9.